The van der Waals surface area contributed by atoms with Crippen LogP contribution in [0.15, 0.2) is 34.2 Å². The van der Waals surface area contributed by atoms with Crippen LogP contribution in [0, 0.1) is 12.8 Å². The van der Waals surface area contributed by atoms with Crippen LogP contribution in [-0.2, 0) is 6.54 Å². The summed E-state index contributed by atoms with van der Waals surface area (Å²) in [6, 6.07) is 7.26. The van der Waals surface area contributed by atoms with Crippen LogP contribution < -0.4 is 5.32 Å². The Morgan fingerprint density at radius 1 is 1.34 bits per heavy atom. The Kier molecular flexibility index (Phi) is 5.99. The van der Waals surface area contributed by atoms with Crippen LogP contribution >= 0.6 is 22.9 Å². The van der Waals surface area contributed by atoms with Crippen molar-refractivity contribution in [1.82, 2.24) is 15.0 Å². The van der Waals surface area contributed by atoms with Crippen LogP contribution in [0.3, 0.4) is 0 Å². The highest BCUT2D eigenvalue weighted by atomic mass is 35.5. The molecule has 1 aliphatic heterocycles. The van der Waals surface area contributed by atoms with Gasteiger partial charge in [0.05, 0.1) is 10.7 Å². The quantitative estimate of drug-likeness (QED) is 0.599. The summed E-state index contributed by atoms with van der Waals surface area (Å²) in [7, 11) is 0. The van der Waals surface area contributed by atoms with Crippen LogP contribution in [0.1, 0.15) is 41.6 Å². The number of piperidine rings is 1. The lowest BCUT2D eigenvalue weighted by Gasteiger charge is -2.29. The molecule has 0 radical (unpaired) electrons. The third-order valence-electron chi connectivity index (χ3n) is 5.25. The van der Waals surface area contributed by atoms with Gasteiger partial charge in [-0.1, -0.05) is 41.9 Å². The van der Waals surface area contributed by atoms with E-state index < -0.39 is 0 Å². The van der Waals surface area contributed by atoms with Gasteiger partial charge in [-0.3, -0.25) is 15.0 Å². The van der Waals surface area contributed by atoms with Gasteiger partial charge in [0, 0.05) is 17.5 Å². The summed E-state index contributed by atoms with van der Waals surface area (Å²) in [6.07, 6.45) is 2.45. The molecule has 1 N–H and O–H groups in total. The lowest BCUT2D eigenvalue weighted by Crippen LogP contribution is -2.32. The van der Waals surface area contributed by atoms with Crippen LogP contribution in [0.5, 0.6) is 0 Å². The fourth-order valence-corrected chi connectivity index (χ4v) is 4.44. The zero-order chi connectivity index (χ0) is 20.4. The van der Waals surface area contributed by atoms with Crippen molar-refractivity contribution in [3.63, 3.8) is 0 Å². The number of carbonyl (C=O) groups is 1. The minimum Gasteiger partial charge on any atom is -0.360 e. The number of anilines is 1. The van der Waals surface area contributed by atoms with Crippen LogP contribution in [0.4, 0.5) is 5.13 Å². The van der Waals surface area contributed by atoms with Crippen molar-refractivity contribution >= 4 is 34.0 Å². The second-order valence-electron chi connectivity index (χ2n) is 7.50. The fraction of sp³-hybridized carbons (Fsp3) is 0.381. The van der Waals surface area contributed by atoms with Crippen molar-refractivity contribution in [2.24, 2.45) is 5.92 Å². The van der Waals surface area contributed by atoms with Crippen molar-refractivity contribution in [1.29, 1.82) is 0 Å². The zero-order valence-electron chi connectivity index (χ0n) is 16.4. The molecule has 2 aromatic heterocycles. The van der Waals surface area contributed by atoms with Gasteiger partial charge >= 0.3 is 0 Å². The van der Waals surface area contributed by atoms with Gasteiger partial charge < -0.3 is 4.52 Å². The normalized spacial score (nSPS) is 15.6. The number of benzene rings is 1. The largest absolute Gasteiger partial charge is 0.360 e. The van der Waals surface area contributed by atoms with Gasteiger partial charge in [-0.25, -0.2) is 4.98 Å². The molecule has 3 aromatic rings. The average Bonchev–Trinajstić information content (AvgIpc) is 3.30. The second kappa shape index (κ2) is 8.65. The van der Waals surface area contributed by atoms with E-state index in [9.17, 15) is 4.79 Å². The maximum absolute atomic E-state index is 12.9. The molecule has 0 atom stereocenters. The molecule has 6 nitrogen and oxygen atoms in total. The Morgan fingerprint density at radius 2 is 2.10 bits per heavy atom. The van der Waals surface area contributed by atoms with E-state index in [1.165, 1.54) is 24.2 Å². The maximum atomic E-state index is 12.9. The highest BCUT2D eigenvalue weighted by Crippen LogP contribution is 2.31. The molecule has 1 aromatic carbocycles. The summed E-state index contributed by atoms with van der Waals surface area (Å²) < 4.78 is 5.29. The minimum atomic E-state index is -0.300. The van der Waals surface area contributed by atoms with Crippen LogP contribution in [0.25, 0.3) is 11.3 Å². The van der Waals surface area contributed by atoms with Gasteiger partial charge in [0.1, 0.15) is 17.0 Å². The van der Waals surface area contributed by atoms with Crippen LogP contribution in [-0.4, -0.2) is 34.0 Å². The summed E-state index contributed by atoms with van der Waals surface area (Å²) in [5.41, 5.74) is 2.45. The van der Waals surface area contributed by atoms with Crippen molar-refractivity contribution in [3.05, 3.63) is 51.7 Å². The number of thiazole rings is 1. The summed E-state index contributed by atoms with van der Waals surface area (Å²) in [6.45, 7) is 7.03. The number of aryl methyl sites for hydroxylation is 1. The number of likely N-dealkylation sites (tertiary alicyclic amines) is 1. The van der Waals surface area contributed by atoms with E-state index in [-0.39, 0.29) is 5.91 Å². The highest BCUT2D eigenvalue weighted by molar-refractivity contribution is 7.14. The highest BCUT2D eigenvalue weighted by Gasteiger charge is 2.24. The number of amides is 1. The molecule has 3 heterocycles. The summed E-state index contributed by atoms with van der Waals surface area (Å²) in [5, 5.41) is 10.0. The topological polar surface area (TPSA) is 71.3 Å². The summed E-state index contributed by atoms with van der Waals surface area (Å²) in [5.74, 6) is 0.943. The van der Waals surface area contributed by atoms with Gasteiger partial charge in [-0.05, 0) is 44.8 Å². The van der Waals surface area contributed by atoms with Gasteiger partial charge in [-0.15, -0.1) is 11.3 Å². The average molecular weight is 431 g/mol. The SMILES string of the molecule is Cc1onc(-c2ccccc2Cl)c1C(=O)Nc1nc(CN2CCC(C)CC2)cs1. The third-order valence-corrected chi connectivity index (χ3v) is 6.39. The molecule has 1 amide bonds. The van der Waals surface area contributed by atoms with E-state index in [1.54, 1.807) is 13.0 Å². The van der Waals surface area contributed by atoms with Gasteiger partial charge in [0.2, 0.25) is 0 Å². The number of aromatic nitrogens is 2. The minimum absolute atomic E-state index is 0.300. The number of rotatable bonds is 5. The van der Waals surface area contributed by atoms with E-state index in [0.717, 1.165) is 31.2 Å². The lowest BCUT2D eigenvalue weighted by molar-refractivity contribution is 0.102. The first-order valence-corrected chi connectivity index (χ1v) is 11.0. The summed E-state index contributed by atoms with van der Waals surface area (Å²) >= 11 is 7.71. The molecule has 0 unspecified atom stereocenters. The first-order valence-electron chi connectivity index (χ1n) is 9.70. The van der Waals surface area contributed by atoms with E-state index in [1.807, 2.05) is 23.6 Å². The molecule has 1 fully saturated rings. The van der Waals surface area contributed by atoms with Crippen molar-refractivity contribution in [3.8, 4) is 11.3 Å². The van der Waals surface area contributed by atoms with Crippen molar-refractivity contribution in [2.75, 3.05) is 18.4 Å². The van der Waals surface area contributed by atoms with Gasteiger partial charge in [0.25, 0.3) is 5.91 Å². The molecule has 29 heavy (non-hydrogen) atoms. The number of halogens is 1. The molecule has 1 aliphatic rings. The van der Waals surface area contributed by atoms with Crippen molar-refractivity contribution < 1.29 is 9.32 Å². The number of hydrogen-bond acceptors (Lipinski definition) is 6. The van der Waals surface area contributed by atoms with E-state index >= 15 is 0 Å². The Hall–Kier alpha value is -2.22. The van der Waals surface area contributed by atoms with E-state index in [4.69, 9.17) is 16.1 Å². The Balaban J connectivity index is 1.48. The molecule has 0 saturated carbocycles. The van der Waals surface area contributed by atoms with Crippen molar-refractivity contribution in [2.45, 2.75) is 33.2 Å². The Morgan fingerprint density at radius 3 is 2.86 bits per heavy atom. The van der Waals surface area contributed by atoms with Gasteiger partial charge in [0.15, 0.2) is 5.13 Å². The van der Waals surface area contributed by atoms with E-state index in [2.05, 4.69) is 27.3 Å². The molecule has 0 bridgehead atoms. The molecule has 0 spiro atoms. The molecular formula is C21H23ClN4O2S. The predicted octanol–water partition coefficient (Wildman–Crippen LogP) is 5.24. The number of nitrogens with zero attached hydrogens (tertiary/aromatic N) is 3. The third kappa shape index (κ3) is 4.52. The lowest BCUT2D eigenvalue weighted by atomic mass is 9.99. The summed E-state index contributed by atoms with van der Waals surface area (Å²) in [4.78, 5) is 19.9. The Labute approximate surface area is 178 Å². The molecular weight excluding hydrogens is 408 g/mol. The number of hydrogen-bond donors (Lipinski definition) is 1. The standard InChI is InChI=1S/C21H23ClN4O2S/c1-13-7-9-26(10-8-13)11-15-12-29-21(23-15)24-20(27)18-14(2)28-25-19(18)16-5-3-4-6-17(16)22/h3-6,12-13H,7-11H2,1-2H3,(H,23,24,27). The predicted molar refractivity (Wildman–Crippen MR) is 115 cm³/mol. The molecule has 1 saturated heterocycles. The van der Waals surface area contributed by atoms with Crippen LogP contribution in [0.2, 0.25) is 5.02 Å². The molecule has 4 rings (SSSR count). The smallest absolute Gasteiger partial charge is 0.263 e. The second-order valence-corrected chi connectivity index (χ2v) is 8.76. The monoisotopic (exact) mass is 430 g/mol. The fourth-order valence-electron chi connectivity index (χ4n) is 3.52. The first-order chi connectivity index (χ1) is 14.0. The maximum Gasteiger partial charge on any atom is 0.263 e. The number of carbonyl (C=O) groups excluding carboxylic acids is 1. The number of nitrogens with one attached hydrogen (secondary N) is 1. The zero-order valence-corrected chi connectivity index (χ0v) is 18.0. The first kappa shape index (κ1) is 20.1. The molecule has 0 aliphatic carbocycles. The van der Waals surface area contributed by atoms with E-state index in [0.29, 0.717) is 32.7 Å². The molecule has 152 valence electrons. The Bertz CT molecular complexity index is 1010. The van der Waals surface area contributed by atoms with Gasteiger partial charge in [-0.2, -0.15) is 0 Å². The molecule has 8 heteroatoms.